The molecule has 0 aliphatic carbocycles. The molecule has 25 heavy (non-hydrogen) atoms. The Morgan fingerprint density at radius 2 is 1.60 bits per heavy atom. The molecule has 0 N–H and O–H groups in total. The molecule has 0 radical (unpaired) electrons. The molecule has 140 valence electrons. The van der Waals surface area contributed by atoms with Gasteiger partial charge < -0.3 is 4.90 Å². The number of hydrogen-bond donors (Lipinski definition) is 0. The summed E-state index contributed by atoms with van der Waals surface area (Å²) in [5.41, 5.74) is 1.48. The molecule has 0 bridgehead atoms. The normalized spacial score (nSPS) is 20.7. The van der Waals surface area contributed by atoms with Gasteiger partial charge in [-0.25, -0.2) is 0 Å². The molecular formula is C19H32N4OS. The molecule has 6 heteroatoms. The molecule has 0 aromatic carbocycles. The number of carbonyl (C=O) groups is 1. The maximum absolute atomic E-state index is 11.9. The third-order valence-electron chi connectivity index (χ3n) is 5.23. The Hall–Kier alpha value is -0.950. The van der Waals surface area contributed by atoms with Crippen LogP contribution in [0.3, 0.4) is 0 Å². The number of nitrogens with zero attached hydrogens (tertiary/aromatic N) is 4. The largest absolute Gasteiger partial charge is 0.348 e. The monoisotopic (exact) mass is 364 g/mol. The number of thiophene rings is 1. The van der Waals surface area contributed by atoms with Crippen LogP contribution in [0.15, 0.2) is 11.4 Å². The number of likely N-dealkylation sites (N-methyl/N-ethyl adjacent to an activating group) is 1. The number of rotatable bonds is 6. The van der Waals surface area contributed by atoms with Gasteiger partial charge >= 0.3 is 0 Å². The number of amides is 1. The van der Waals surface area contributed by atoms with Crippen molar-refractivity contribution in [3.8, 4) is 0 Å². The van der Waals surface area contributed by atoms with Gasteiger partial charge in [0.15, 0.2) is 0 Å². The van der Waals surface area contributed by atoms with E-state index >= 15 is 0 Å². The minimum absolute atomic E-state index is 0.207. The Morgan fingerprint density at radius 1 is 0.960 bits per heavy atom. The van der Waals surface area contributed by atoms with Crippen LogP contribution in [0.2, 0.25) is 0 Å². The van der Waals surface area contributed by atoms with Crippen molar-refractivity contribution in [1.82, 2.24) is 19.6 Å². The lowest BCUT2D eigenvalue weighted by Gasteiger charge is -2.22. The summed E-state index contributed by atoms with van der Waals surface area (Å²) in [5.74, 6) is 0.207. The summed E-state index contributed by atoms with van der Waals surface area (Å²) < 4.78 is 0. The van der Waals surface area contributed by atoms with Gasteiger partial charge in [-0.2, -0.15) is 0 Å². The topological polar surface area (TPSA) is 30.0 Å². The van der Waals surface area contributed by atoms with Crippen molar-refractivity contribution in [2.75, 3.05) is 59.9 Å². The molecule has 1 amide bonds. The van der Waals surface area contributed by atoms with Crippen LogP contribution in [0.25, 0.3) is 0 Å². The van der Waals surface area contributed by atoms with Crippen molar-refractivity contribution in [2.24, 2.45) is 0 Å². The summed E-state index contributed by atoms with van der Waals surface area (Å²) >= 11 is 1.91. The fraction of sp³-hybridized carbons (Fsp3) is 0.737. The van der Waals surface area contributed by atoms with E-state index in [1.165, 1.54) is 36.4 Å². The minimum atomic E-state index is 0.207. The summed E-state index contributed by atoms with van der Waals surface area (Å²) in [4.78, 5) is 22.5. The number of hydrogen-bond acceptors (Lipinski definition) is 5. The van der Waals surface area contributed by atoms with Gasteiger partial charge in [0.05, 0.1) is 6.54 Å². The van der Waals surface area contributed by atoms with Crippen molar-refractivity contribution in [2.45, 2.75) is 32.4 Å². The van der Waals surface area contributed by atoms with Crippen LogP contribution >= 0.6 is 11.3 Å². The van der Waals surface area contributed by atoms with Crippen molar-refractivity contribution < 1.29 is 4.79 Å². The van der Waals surface area contributed by atoms with Crippen molar-refractivity contribution in [3.05, 3.63) is 21.9 Å². The van der Waals surface area contributed by atoms with E-state index in [4.69, 9.17) is 0 Å². The molecule has 1 aromatic rings. The quantitative estimate of drug-likeness (QED) is 0.772. The molecule has 0 atom stereocenters. The summed E-state index contributed by atoms with van der Waals surface area (Å²) in [6.07, 6.45) is 3.86. The standard InChI is InChI=1S/C19H32N4OS/c1-20(2)19(24)15-23-9-5-8-22(10-11-23)14-18-12-17(16-25-18)13-21-6-3-4-7-21/h12,16H,3-11,13-15H2,1-2H3. The van der Waals surface area contributed by atoms with Gasteiger partial charge in [-0.3, -0.25) is 19.5 Å². The highest BCUT2D eigenvalue weighted by molar-refractivity contribution is 7.10. The van der Waals surface area contributed by atoms with Crippen LogP contribution in [-0.4, -0.2) is 85.4 Å². The lowest BCUT2D eigenvalue weighted by Crippen LogP contribution is -2.38. The molecule has 0 unspecified atom stereocenters. The molecule has 2 fully saturated rings. The molecular weight excluding hydrogens is 332 g/mol. The fourth-order valence-electron chi connectivity index (χ4n) is 3.68. The first-order valence-corrected chi connectivity index (χ1v) is 10.4. The summed E-state index contributed by atoms with van der Waals surface area (Å²) in [6.45, 7) is 9.47. The summed E-state index contributed by atoms with van der Waals surface area (Å²) in [7, 11) is 3.67. The highest BCUT2D eigenvalue weighted by Gasteiger charge is 2.19. The van der Waals surface area contributed by atoms with Gasteiger partial charge in [0.25, 0.3) is 0 Å². The van der Waals surface area contributed by atoms with E-state index in [-0.39, 0.29) is 5.91 Å². The van der Waals surface area contributed by atoms with Gasteiger partial charge in [0.2, 0.25) is 5.91 Å². The SMILES string of the molecule is CN(C)C(=O)CN1CCCN(Cc2cc(CN3CCCC3)cs2)CC1. The van der Waals surface area contributed by atoms with Crippen molar-refractivity contribution >= 4 is 17.2 Å². The van der Waals surface area contributed by atoms with Gasteiger partial charge in [-0.15, -0.1) is 11.3 Å². The van der Waals surface area contributed by atoms with E-state index in [1.54, 1.807) is 4.90 Å². The first kappa shape index (κ1) is 18.8. The van der Waals surface area contributed by atoms with Gasteiger partial charge in [0.1, 0.15) is 0 Å². The molecule has 0 spiro atoms. The smallest absolute Gasteiger partial charge is 0.236 e. The van der Waals surface area contributed by atoms with Crippen LogP contribution < -0.4 is 0 Å². The lowest BCUT2D eigenvalue weighted by atomic mass is 10.2. The van der Waals surface area contributed by atoms with Crippen molar-refractivity contribution in [1.29, 1.82) is 0 Å². The second-order valence-corrected chi connectivity index (χ2v) is 8.59. The second-order valence-electron chi connectivity index (χ2n) is 7.60. The van der Waals surface area contributed by atoms with Crippen LogP contribution in [-0.2, 0) is 17.9 Å². The highest BCUT2D eigenvalue weighted by Crippen LogP contribution is 2.21. The zero-order valence-electron chi connectivity index (χ0n) is 15.7. The zero-order valence-corrected chi connectivity index (χ0v) is 16.6. The Balaban J connectivity index is 1.45. The predicted molar refractivity (Wildman–Crippen MR) is 104 cm³/mol. The van der Waals surface area contributed by atoms with E-state index in [0.717, 1.165) is 45.7 Å². The Bertz CT molecular complexity index is 553. The third kappa shape index (κ3) is 5.78. The zero-order chi connectivity index (χ0) is 17.6. The predicted octanol–water partition coefficient (Wildman–Crippen LogP) is 1.94. The number of likely N-dealkylation sites (tertiary alicyclic amines) is 1. The molecule has 5 nitrogen and oxygen atoms in total. The summed E-state index contributed by atoms with van der Waals surface area (Å²) in [6, 6.07) is 2.40. The van der Waals surface area contributed by atoms with Crippen molar-refractivity contribution in [3.63, 3.8) is 0 Å². The Kier molecular flexibility index (Phi) is 6.87. The average molecular weight is 365 g/mol. The molecule has 0 saturated carbocycles. The molecule has 2 aliphatic heterocycles. The highest BCUT2D eigenvalue weighted by atomic mass is 32.1. The van der Waals surface area contributed by atoms with Crippen LogP contribution in [0, 0.1) is 0 Å². The lowest BCUT2D eigenvalue weighted by molar-refractivity contribution is -0.129. The van der Waals surface area contributed by atoms with Gasteiger partial charge in [-0.05, 0) is 62.5 Å². The second kappa shape index (κ2) is 9.12. The van der Waals surface area contributed by atoms with E-state index in [9.17, 15) is 4.79 Å². The molecule has 1 aromatic heterocycles. The van der Waals surface area contributed by atoms with Crippen LogP contribution in [0.1, 0.15) is 29.7 Å². The van der Waals surface area contributed by atoms with E-state index in [1.807, 2.05) is 25.4 Å². The molecule has 3 heterocycles. The average Bonchev–Trinajstić information content (AvgIpc) is 3.19. The first-order chi connectivity index (χ1) is 12.1. The third-order valence-corrected chi connectivity index (χ3v) is 6.20. The number of carbonyl (C=O) groups excluding carboxylic acids is 1. The van der Waals surface area contributed by atoms with E-state index in [2.05, 4.69) is 26.1 Å². The Labute approximate surface area is 156 Å². The minimum Gasteiger partial charge on any atom is -0.348 e. The Morgan fingerprint density at radius 3 is 2.36 bits per heavy atom. The maximum atomic E-state index is 11.9. The summed E-state index contributed by atoms with van der Waals surface area (Å²) in [5, 5.41) is 2.34. The maximum Gasteiger partial charge on any atom is 0.236 e. The van der Waals surface area contributed by atoms with Gasteiger partial charge in [0, 0.05) is 45.2 Å². The molecule has 3 rings (SSSR count). The van der Waals surface area contributed by atoms with E-state index < -0.39 is 0 Å². The fourth-order valence-corrected chi connectivity index (χ4v) is 4.61. The van der Waals surface area contributed by atoms with E-state index in [0.29, 0.717) is 6.54 Å². The molecule has 2 saturated heterocycles. The van der Waals surface area contributed by atoms with Crippen LogP contribution in [0.5, 0.6) is 0 Å². The van der Waals surface area contributed by atoms with Gasteiger partial charge in [-0.1, -0.05) is 0 Å². The first-order valence-electron chi connectivity index (χ1n) is 9.53. The van der Waals surface area contributed by atoms with Crippen LogP contribution in [0.4, 0.5) is 0 Å². The molecule has 2 aliphatic rings.